The first-order chi connectivity index (χ1) is 14.2. The summed E-state index contributed by atoms with van der Waals surface area (Å²) >= 11 is 2.01. The molecule has 1 spiro atoms. The number of anilines is 1. The van der Waals surface area contributed by atoms with Crippen molar-refractivity contribution in [1.29, 1.82) is 0 Å². The van der Waals surface area contributed by atoms with Gasteiger partial charge in [-0.25, -0.2) is 0 Å². The van der Waals surface area contributed by atoms with Crippen LogP contribution >= 0.6 is 11.3 Å². The molecule has 2 nitrogen and oxygen atoms in total. The van der Waals surface area contributed by atoms with Crippen molar-refractivity contribution in [3.05, 3.63) is 58.6 Å². The Morgan fingerprint density at radius 2 is 1.69 bits per heavy atom. The van der Waals surface area contributed by atoms with Gasteiger partial charge in [-0.15, -0.1) is 11.3 Å². The van der Waals surface area contributed by atoms with Crippen LogP contribution in [0.1, 0.15) is 61.1 Å². The number of aromatic nitrogens is 1. The molecule has 4 fully saturated rings. The maximum absolute atomic E-state index is 4.99. The van der Waals surface area contributed by atoms with E-state index < -0.39 is 0 Å². The molecule has 3 heterocycles. The SMILES string of the molecule is Cc1ccccc1N1C(C)c2sc3cccnc3c2C12C1CC3CC(C1)CC2C3. The van der Waals surface area contributed by atoms with Crippen LogP contribution in [0.5, 0.6) is 0 Å². The summed E-state index contributed by atoms with van der Waals surface area (Å²) in [5, 5.41) is 0. The maximum Gasteiger partial charge on any atom is 0.0869 e. The molecule has 0 N–H and O–H groups in total. The van der Waals surface area contributed by atoms with Gasteiger partial charge in [-0.2, -0.15) is 0 Å². The van der Waals surface area contributed by atoms with Gasteiger partial charge in [0.05, 0.1) is 21.8 Å². The molecule has 3 aromatic rings. The van der Waals surface area contributed by atoms with Gasteiger partial charge in [0.1, 0.15) is 0 Å². The number of nitrogens with zero attached hydrogens (tertiary/aromatic N) is 2. The van der Waals surface area contributed by atoms with Gasteiger partial charge >= 0.3 is 0 Å². The normalized spacial score (nSPS) is 37.0. The molecular formula is C26H28N2S. The Bertz CT molecular complexity index is 1100. The fourth-order valence-electron chi connectivity index (χ4n) is 8.13. The first-order valence-corrected chi connectivity index (χ1v) is 12.2. The van der Waals surface area contributed by atoms with E-state index in [4.69, 9.17) is 4.98 Å². The van der Waals surface area contributed by atoms with Crippen molar-refractivity contribution in [3.8, 4) is 0 Å². The average molecular weight is 401 g/mol. The molecule has 8 rings (SSSR count). The fraction of sp³-hybridized carbons (Fsp3) is 0.500. The van der Waals surface area contributed by atoms with E-state index in [2.05, 4.69) is 55.1 Å². The highest BCUT2D eigenvalue weighted by Gasteiger charge is 2.65. The molecule has 0 amide bonds. The van der Waals surface area contributed by atoms with Crippen LogP contribution in [0, 0.1) is 30.6 Å². The second kappa shape index (κ2) is 5.63. The summed E-state index contributed by atoms with van der Waals surface area (Å²) in [6.07, 6.45) is 9.20. The standard InChI is InChI=1S/C26H28N2S/c1-15-6-3-4-7-21(15)28-16(2)25-23(24-22(29-25)8-5-9-27-24)26(28)19-11-17-10-18(13-19)14-20(26)12-17/h3-9,16-20H,10-14H2,1-2H3. The Kier molecular flexibility index (Phi) is 3.28. The topological polar surface area (TPSA) is 16.1 Å². The van der Waals surface area contributed by atoms with E-state index in [9.17, 15) is 0 Å². The molecule has 4 saturated carbocycles. The third kappa shape index (κ3) is 1.96. The molecule has 1 aliphatic heterocycles. The monoisotopic (exact) mass is 400 g/mol. The van der Waals surface area contributed by atoms with Crippen molar-refractivity contribution in [1.82, 2.24) is 4.98 Å². The van der Waals surface area contributed by atoms with Crippen LogP contribution in [-0.4, -0.2) is 4.98 Å². The number of thiophene rings is 1. The number of para-hydroxylation sites is 1. The molecule has 2 aromatic heterocycles. The molecule has 29 heavy (non-hydrogen) atoms. The quantitative estimate of drug-likeness (QED) is 0.445. The first kappa shape index (κ1) is 16.9. The van der Waals surface area contributed by atoms with Crippen LogP contribution in [0.25, 0.3) is 10.2 Å². The second-order valence-electron chi connectivity index (χ2n) is 10.2. The minimum absolute atomic E-state index is 0.154. The predicted molar refractivity (Wildman–Crippen MR) is 120 cm³/mol. The summed E-state index contributed by atoms with van der Waals surface area (Å²) in [5.74, 6) is 3.50. The van der Waals surface area contributed by atoms with Crippen molar-refractivity contribution in [2.45, 2.75) is 57.5 Å². The number of benzene rings is 1. The Morgan fingerprint density at radius 3 is 2.41 bits per heavy atom. The number of hydrogen-bond acceptors (Lipinski definition) is 3. The smallest absolute Gasteiger partial charge is 0.0869 e. The van der Waals surface area contributed by atoms with Gasteiger partial charge < -0.3 is 4.90 Å². The van der Waals surface area contributed by atoms with Crippen LogP contribution in [0.4, 0.5) is 5.69 Å². The lowest BCUT2D eigenvalue weighted by atomic mass is 9.47. The highest BCUT2D eigenvalue weighted by molar-refractivity contribution is 7.19. The summed E-state index contributed by atoms with van der Waals surface area (Å²) in [5.41, 5.74) is 5.96. The highest BCUT2D eigenvalue weighted by Crippen LogP contribution is 2.70. The molecule has 1 atom stereocenters. The number of aryl methyl sites for hydroxylation is 1. The summed E-state index contributed by atoms with van der Waals surface area (Å²) < 4.78 is 1.39. The highest BCUT2D eigenvalue weighted by atomic mass is 32.1. The average Bonchev–Trinajstić information content (AvgIpc) is 3.21. The number of rotatable bonds is 1. The lowest BCUT2D eigenvalue weighted by Gasteiger charge is -2.64. The van der Waals surface area contributed by atoms with Crippen LogP contribution in [0.2, 0.25) is 0 Å². The molecule has 3 heteroatoms. The Hall–Kier alpha value is -1.87. The Morgan fingerprint density at radius 1 is 0.966 bits per heavy atom. The third-order valence-electron chi connectivity index (χ3n) is 8.80. The lowest BCUT2D eigenvalue weighted by Crippen LogP contribution is -2.62. The van der Waals surface area contributed by atoms with Gasteiger partial charge in [0.25, 0.3) is 0 Å². The Balaban J connectivity index is 1.55. The van der Waals surface area contributed by atoms with E-state index in [1.54, 1.807) is 10.4 Å². The predicted octanol–water partition coefficient (Wildman–Crippen LogP) is 6.84. The van der Waals surface area contributed by atoms with Crippen molar-refractivity contribution < 1.29 is 0 Å². The van der Waals surface area contributed by atoms with Gasteiger partial charge in [0, 0.05) is 22.3 Å². The Labute approximate surface area is 177 Å². The van der Waals surface area contributed by atoms with Gasteiger partial charge in [-0.3, -0.25) is 4.98 Å². The number of fused-ring (bicyclic) bond motifs is 3. The third-order valence-corrected chi connectivity index (χ3v) is 10.1. The molecule has 0 saturated heterocycles. The molecule has 4 aliphatic carbocycles. The molecule has 5 aliphatic rings. The largest absolute Gasteiger partial charge is 0.353 e. The maximum atomic E-state index is 4.99. The summed E-state index contributed by atoms with van der Waals surface area (Å²) in [6.45, 7) is 4.76. The van der Waals surface area contributed by atoms with Crippen LogP contribution < -0.4 is 4.90 Å². The molecule has 1 aromatic carbocycles. The summed E-state index contributed by atoms with van der Waals surface area (Å²) in [6, 6.07) is 13.9. The molecule has 1 unspecified atom stereocenters. The molecular weight excluding hydrogens is 372 g/mol. The van der Waals surface area contributed by atoms with Crippen LogP contribution in [0.15, 0.2) is 42.6 Å². The van der Waals surface area contributed by atoms with E-state index >= 15 is 0 Å². The molecule has 0 radical (unpaired) electrons. The van der Waals surface area contributed by atoms with E-state index in [1.165, 1.54) is 53.6 Å². The zero-order valence-corrected chi connectivity index (χ0v) is 18.1. The minimum atomic E-state index is 0.154. The summed E-state index contributed by atoms with van der Waals surface area (Å²) in [4.78, 5) is 9.47. The van der Waals surface area contributed by atoms with E-state index in [0.29, 0.717) is 6.04 Å². The van der Waals surface area contributed by atoms with Crippen molar-refractivity contribution in [2.75, 3.05) is 4.90 Å². The van der Waals surface area contributed by atoms with E-state index in [0.717, 1.165) is 23.7 Å². The number of hydrogen-bond donors (Lipinski definition) is 0. The zero-order chi connectivity index (χ0) is 19.3. The van der Waals surface area contributed by atoms with Crippen molar-refractivity contribution >= 4 is 27.2 Å². The van der Waals surface area contributed by atoms with Gasteiger partial charge in [-0.05, 0) is 93.4 Å². The van der Waals surface area contributed by atoms with Crippen LogP contribution in [0.3, 0.4) is 0 Å². The van der Waals surface area contributed by atoms with E-state index in [-0.39, 0.29) is 5.54 Å². The minimum Gasteiger partial charge on any atom is -0.353 e. The zero-order valence-electron chi connectivity index (χ0n) is 17.3. The van der Waals surface area contributed by atoms with Gasteiger partial charge in [-0.1, -0.05) is 18.2 Å². The second-order valence-corrected chi connectivity index (χ2v) is 11.2. The van der Waals surface area contributed by atoms with Crippen molar-refractivity contribution in [2.24, 2.45) is 23.7 Å². The molecule has 148 valence electrons. The lowest BCUT2D eigenvalue weighted by molar-refractivity contribution is -0.0597. The van der Waals surface area contributed by atoms with Gasteiger partial charge in [0.2, 0.25) is 0 Å². The molecule has 4 bridgehead atoms. The van der Waals surface area contributed by atoms with E-state index in [1.807, 2.05) is 17.5 Å². The summed E-state index contributed by atoms with van der Waals surface area (Å²) in [7, 11) is 0. The fourth-order valence-corrected chi connectivity index (χ4v) is 9.41. The first-order valence-electron chi connectivity index (χ1n) is 11.4. The van der Waals surface area contributed by atoms with Crippen molar-refractivity contribution in [3.63, 3.8) is 0 Å². The van der Waals surface area contributed by atoms with Gasteiger partial charge in [0.15, 0.2) is 0 Å². The van der Waals surface area contributed by atoms with Crippen LogP contribution in [-0.2, 0) is 5.54 Å². The number of pyridine rings is 1.